The molecule has 1 N–H and O–H groups in total. The molecular formula is C14H16N4O3. The van der Waals surface area contributed by atoms with Crippen LogP contribution in [0.4, 0.5) is 0 Å². The topological polar surface area (TPSA) is 90.1 Å². The van der Waals surface area contributed by atoms with E-state index in [9.17, 15) is 4.79 Å². The van der Waals surface area contributed by atoms with Crippen molar-refractivity contribution in [3.63, 3.8) is 0 Å². The van der Waals surface area contributed by atoms with Crippen molar-refractivity contribution in [1.29, 1.82) is 0 Å². The van der Waals surface area contributed by atoms with Crippen molar-refractivity contribution >= 4 is 12.0 Å². The van der Waals surface area contributed by atoms with E-state index in [0.717, 1.165) is 17.5 Å². The number of benzene rings is 1. The van der Waals surface area contributed by atoms with Gasteiger partial charge in [-0.3, -0.25) is 0 Å². The number of aromatic nitrogens is 4. The maximum atomic E-state index is 10.5. The van der Waals surface area contributed by atoms with E-state index >= 15 is 0 Å². The minimum absolute atomic E-state index is 0.341. The Bertz CT molecular complexity index is 632. The average molecular weight is 288 g/mol. The first kappa shape index (κ1) is 14.7. The maximum Gasteiger partial charge on any atom is 0.328 e. The molecule has 7 nitrogen and oxygen atoms in total. The van der Waals surface area contributed by atoms with Crippen LogP contribution in [0.5, 0.6) is 5.75 Å². The lowest BCUT2D eigenvalue weighted by Gasteiger charge is -2.09. The molecule has 0 aliphatic heterocycles. The number of nitrogens with zero attached hydrogens (tertiary/aromatic N) is 4. The van der Waals surface area contributed by atoms with Gasteiger partial charge < -0.3 is 9.84 Å². The van der Waals surface area contributed by atoms with Gasteiger partial charge in [-0.05, 0) is 46.7 Å². The molecule has 21 heavy (non-hydrogen) atoms. The fourth-order valence-corrected chi connectivity index (χ4v) is 1.57. The van der Waals surface area contributed by atoms with Gasteiger partial charge in [0.25, 0.3) is 0 Å². The molecule has 0 bridgehead atoms. The van der Waals surface area contributed by atoms with Crippen LogP contribution >= 0.6 is 0 Å². The number of carboxylic acid groups (broad SMARTS) is 1. The van der Waals surface area contributed by atoms with Crippen LogP contribution in [0, 0.1) is 5.92 Å². The monoisotopic (exact) mass is 288 g/mol. The number of tetrazole rings is 1. The standard InChI is InChI=1S/C14H16N4O3/c1-10(2)9-21-12-5-3-11(4-6-12)18-13(15-16-17-18)7-8-14(19)20/h3-8,10H,9H2,1-2H3,(H,19,20)/b8-7+. The van der Waals surface area contributed by atoms with E-state index in [2.05, 4.69) is 29.4 Å². The molecule has 0 aliphatic rings. The molecule has 2 rings (SSSR count). The zero-order valence-corrected chi connectivity index (χ0v) is 11.8. The Hall–Kier alpha value is -2.70. The molecule has 1 aromatic heterocycles. The summed E-state index contributed by atoms with van der Waals surface area (Å²) in [5, 5.41) is 19.8. The Balaban J connectivity index is 2.16. The fourth-order valence-electron chi connectivity index (χ4n) is 1.57. The fraction of sp³-hybridized carbons (Fsp3) is 0.286. The maximum absolute atomic E-state index is 10.5. The Morgan fingerprint density at radius 1 is 1.38 bits per heavy atom. The first-order valence-corrected chi connectivity index (χ1v) is 6.49. The molecule has 0 fully saturated rings. The Labute approximate surface area is 121 Å². The molecule has 0 radical (unpaired) electrons. The quantitative estimate of drug-likeness (QED) is 0.815. The summed E-state index contributed by atoms with van der Waals surface area (Å²) in [6.07, 6.45) is 2.33. The van der Waals surface area contributed by atoms with Crippen LogP contribution in [0.3, 0.4) is 0 Å². The minimum atomic E-state index is -1.05. The number of hydrogen-bond donors (Lipinski definition) is 1. The number of aliphatic carboxylic acids is 1. The van der Waals surface area contributed by atoms with Crippen molar-refractivity contribution in [2.45, 2.75) is 13.8 Å². The molecule has 0 amide bonds. The second kappa shape index (κ2) is 6.65. The highest BCUT2D eigenvalue weighted by atomic mass is 16.5. The molecule has 7 heteroatoms. The summed E-state index contributed by atoms with van der Waals surface area (Å²) in [5.74, 6) is 0.510. The van der Waals surface area contributed by atoms with E-state index in [-0.39, 0.29) is 0 Å². The first-order chi connectivity index (χ1) is 10.1. The van der Waals surface area contributed by atoms with E-state index in [1.807, 2.05) is 24.3 Å². The zero-order valence-electron chi connectivity index (χ0n) is 11.8. The second-order valence-corrected chi connectivity index (χ2v) is 4.82. The van der Waals surface area contributed by atoms with Gasteiger partial charge in [0, 0.05) is 6.08 Å². The minimum Gasteiger partial charge on any atom is -0.493 e. The van der Waals surface area contributed by atoms with Gasteiger partial charge >= 0.3 is 5.97 Å². The van der Waals surface area contributed by atoms with Crippen LogP contribution in [0.25, 0.3) is 11.8 Å². The number of rotatable bonds is 6. The van der Waals surface area contributed by atoms with Gasteiger partial charge in [0.05, 0.1) is 12.3 Å². The third kappa shape index (κ3) is 4.13. The molecule has 110 valence electrons. The summed E-state index contributed by atoms with van der Waals surface area (Å²) in [6, 6.07) is 7.27. The van der Waals surface area contributed by atoms with Crippen LogP contribution in [0.15, 0.2) is 30.3 Å². The van der Waals surface area contributed by atoms with Gasteiger partial charge in [0.2, 0.25) is 0 Å². The van der Waals surface area contributed by atoms with Crippen molar-refractivity contribution in [3.05, 3.63) is 36.2 Å². The van der Waals surface area contributed by atoms with Gasteiger partial charge in [-0.25, -0.2) is 4.79 Å². The lowest BCUT2D eigenvalue weighted by Crippen LogP contribution is -2.05. The van der Waals surface area contributed by atoms with Gasteiger partial charge in [0.15, 0.2) is 5.82 Å². The summed E-state index contributed by atoms with van der Waals surface area (Å²) in [5.41, 5.74) is 0.724. The summed E-state index contributed by atoms with van der Waals surface area (Å²) in [7, 11) is 0. The van der Waals surface area contributed by atoms with Crippen molar-refractivity contribution in [2.75, 3.05) is 6.61 Å². The van der Waals surface area contributed by atoms with Gasteiger partial charge in [0.1, 0.15) is 5.75 Å². The third-order valence-corrected chi connectivity index (χ3v) is 2.53. The summed E-state index contributed by atoms with van der Waals surface area (Å²) < 4.78 is 7.05. The lowest BCUT2D eigenvalue weighted by atomic mass is 10.2. The largest absolute Gasteiger partial charge is 0.493 e. The summed E-state index contributed by atoms with van der Waals surface area (Å²) in [6.45, 7) is 4.81. The smallest absolute Gasteiger partial charge is 0.328 e. The highest BCUT2D eigenvalue weighted by Crippen LogP contribution is 2.16. The Kier molecular flexibility index (Phi) is 4.65. The SMILES string of the molecule is CC(C)COc1ccc(-n2nnnc2/C=C/C(=O)O)cc1. The molecule has 0 atom stereocenters. The molecule has 2 aromatic rings. The second-order valence-electron chi connectivity index (χ2n) is 4.82. The highest BCUT2D eigenvalue weighted by Gasteiger charge is 2.06. The summed E-state index contributed by atoms with van der Waals surface area (Å²) in [4.78, 5) is 10.5. The molecule has 0 spiro atoms. The van der Waals surface area contributed by atoms with E-state index in [0.29, 0.717) is 18.3 Å². The summed E-state index contributed by atoms with van der Waals surface area (Å²) >= 11 is 0. The third-order valence-electron chi connectivity index (χ3n) is 2.53. The molecule has 1 heterocycles. The lowest BCUT2D eigenvalue weighted by molar-refractivity contribution is -0.131. The number of carboxylic acids is 1. The molecule has 0 saturated heterocycles. The average Bonchev–Trinajstić information content (AvgIpc) is 2.92. The van der Waals surface area contributed by atoms with Gasteiger partial charge in [-0.2, -0.15) is 4.68 Å². The van der Waals surface area contributed by atoms with Crippen LogP contribution in [-0.4, -0.2) is 37.9 Å². The molecule has 1 aromatic carbocycles. The molecule has 0 unspecified atom stereocenters. The van der Waals surface area contributed by atoms with E-state index in [1.165, 1.54) is 10.8 Å². The predicted octanol–water partition coefficient (Wildman–Crippen LogP) is 1.79. The van der Waals surface area contributed by atoms with Crippen LogP contribution < -0.4 is 4.74 Å². The van der Waals surface area contributed by atoms with Gasteiger partial charge in [-0.15, -0.1) is 5.10 Å². The molecular weight excluding hydrogens is 272 g/mol. The highest BCUT2D eigenvalue weighted by molar-refractivity contribution is 5.84. The predicted molar refractivity (Wildman–Crippen MR) is 76.2 cm³/mol. The molecule has 0 saturated carbocycles. The Morgan fingerprint density at radius 2 is 2.10 bits per heavy atom. The van der Waals surface area contributed by atoms with Crippen molar-refractivity contribution < 1.29 is 14.6 Å². The van der Waals surface area contributed by atoms with E-state index in [1.54, 1.807) is 0 Å². The zero-order chi connectivity index (χ0) is 15.2. The first-order valence-electron chi connectivity index (χ1n) is 6.49. The Morgan fingerprint density at radius 3 is 2.71 bits per heavy atom. The van der Waals surface area contributed by atoms with E-state index < -0.39 is 5.97 Å². The van der Waals surface area contributed by atoms with Crippen molar-refractivity contribution in [2.24, 2.45) is 5.92 Å². The van der Waals surface area contributed by atoms with Gasteiger partial charge in [-0.1, -0.05) is 13.8 Å². The number of carbonyl (C=O) groups is 1. The van der Waals surface area contributed by atoms with Crippen molar-refractivity contribution in [1.82, 2.24) is 20.2 Å². The van der Waals surface area contributed by atoms with Crippen LogP contribution in [-0.2, 0) is 4.79 Å². The normalized spacial score (nSPS) is 11.2. The number of hydrogen-bond acceptors (Lipinski definition) is 5. The van der Waals surface area contributed by atoms with Crippen molar-refractivity contribution in [3.8, 4) is 11.4 Å². The van der Waals surface area contributed by atoms with Crippen LogP contribution in [0.1, 0.15) is 19.7 Å². The molecule has 0 aliphatic carbocycles. The van der Waals surface area contributed by atoms with Crippen LogP contribution in [0.2, 0.25) is 0 Å². The number of ether oxygens (including phenoxy) is 1. The van der Waals surface area contributed by atoms with E-state index in [4.69, 9.17) is 9.84 Å².